The van der Waals surface area contributed by atoms with Crippen molar-refractivity contribution in [1.82, 2.24) is 9.88 Å². The van der Waals surface area contributed by atoms with E-state index in [1.807, 2.05) is 6.07 Å². The maximum Gasteiger partial charge on any atom is 0.354 e. The highest BCUT2D eigenvalue weighted by Gasteiger charge is 2.08. The normalized spacial score (nSPS) is 10.8. The maximum absolute atomic E-state index is 10.8. The summed E-state index contributed by atoms with van der Waals surface area (Å²) in [4.78, 5) is 17.2. The average molecular weight is 236 g/mol. The molecular formula is C13H20N2O2. The topological polar surface area (TPSA) is 53.4 Å². The van der Waals surface area contributed by atoms with Crippen LogP contribution in [0.2, 0.25) is 0 Å². The van der Waals surface area contributed by atoms with Gasteiger partial charge in [0.05, 0.1) is 5.69 Å². The van der Waals surface area contributed by atoms with Crippen molar-refractivity contribution in [1.29, 1.82) is 0 Å². The average Bonchev–Trinajstić information content (AvgIpc) is 2.30. The van der Waals surface area contributed by atoms with Crippen LogP contribution < -0.4 is 0 Å². The SMILES string of the molecule is CCCN(CCC)Cc1cccc(C(=O)O)n1. The summed E-state index contributed by atoms with van der Waals surface area (Å²) in [7, 11) is 0. The second-order valence-corrected chi connectivity index (χ2v) is 4.10. The van der Waals surface area contributed by atoms with Crippen LogP contribution in [0.4, 0.5) is 0 Å². The lowest BCUT2D eigenvalue weighted by molar-refractivity contribution is 0.0690. The van der Waals surface area contributed by atoms with Crippen molar-refractivity contribution < 1.29 is 9.90 Å². The summed E-state index contributed by atoms with van der Waals surface area (Å²) in [5.74, 6) is -0.968. The van der Waals surface area contributed by atoms with E-state index in [9.17, 15) is 4.79 Å². The molecule has 1 rings (SSSR count). The third-order valence-corrected chi connectivity index (χ3v) is 2.49. The minimum Gasteiger partial charge on any atom is -0.477 e. The molecular weight excluding hydrogens is 216 g/mol. The summed E-state index contributed by atoms with van der Waals surface area (Å²) in [6.45, 7) is 7.05. The molecule has 0 aromatic carbocycles. The number of hydrogen-bond acceptors (Lipinski definition) is 3. The molecule has 17 heavy (non-hydrogen) atoms. The van der Waals surface area contributed by atoms with E-state index in [-0.39, 0.29) is 5.69 Å². The first-order valence-corrected chi connectivity index (χ1v) is 6.09. The minimum atomic E-state index is -0.968. The highest BCUT2D eigenvalue weighted by molar-refractivity contribution is 5.85. The van der Waals surface area contributed by atoms with E-state index in [1.165, 1.54) is 6.07 Å². The Morgan fingerprint density at radius 3 is 2.47 bits per heavy atom. The Bertz CT molecular complexity index is 360. The van der Waals surface area contributed by atoms with Crippen LogP contribution >= 0.6 is 0 Å². The molecule has 0 aliphatic heterocycles. The molecule has 0 fully saturated rings. The largest absolute Gasteiger partial charge is 0.477 e. The highest BCUT2D eigenvalue weighted by atomic mass is 16.4. The minimum absolute atomic E-state index is 0.121. The third-order valence-electron chi connectivity index (χ3n) is 2.49. The molecule has 1 aromatic heterocycles. The van der Waals surface area contributed by atoms with Gasteiger partial charge in [-0.3, -0.25) is 4.90 Å². The van der Waals surface area contributed by atoms with Gasteiger partial charge in [0.1, 0.15) is 5.69 Å². The molecule has 0 unspecified atom stereocenters. The predicted octanol–water partition coefficient (Wildman–Crippen LogP) is 2.40. The standard InChI is InChI=1S/C13H20N2O2/c1-3-8-15(9-4-2)10-11-6-5-7-12(14-11)13(16)17/h5-7H,3-4,8-10H2,1-2H3,(H,16,17). The molecule has 1 heterocycles. The summed E-state index contributed by atoms with van der Waals surface area (Å²) in [5.41, 5.74) is 0.947. The van der Waals surface area contributed by atoms with Gasteiger partial charge in [0.25, 0.3) is 0 Å². The van der Waals surface area contributed by atoms with Crippen LogP contribution in [0.25, 0.3) is 0 Å². The zero-order valence-electron chi connectivity index (χ0n) is 10.5. The monoisotopic (exact) mass is 236 g/mol. The molecule has 0 radical (unpaired) electrons. The lowest BCUT2D eigenvalue weighted by atomic mass is 10.2. The van der Waals surface area contributed by atoms with Crippen molar-refractivity contribution in [3.8, 4) is 0 Å². The van der Waals surface area contributed by atoms with Gasteiger partial charge < -0.3 is 5.11 Å². The zero-order valence-corrected chi connectivity index (χ0v) is 10.5. The Labute approximate surface area is 102 Å². The maximum atomic E-state index is 10.8. The quantitative estimate of drug-likeness (QED) is 0.789. The fourth-order valence-corrected chi connectivity index (χ4v) is 1.82. The first kappa shape index (κ1) is 13.6. The second-order valence-electron chi connectivity index (χ2n) is 4.10. The van der Waals surface area contributed by atoms with E-state index in [4.69, 9.17) is 5.11 Å². The van der Waals surface area contributed by atoms with Crippen molar-refractivity contribution in [3.05, 3.63) is 29.6 Å². The number of pyridine rings is 1. The van der Waals surface area contributed by atoms with E-state index >= 15 is 0 Å². The summed E-state index contributed by atoms with van der Waals surface area (Å²) in [6.07, 6.45) is 2.19. The molecule has 1 aromatic rings. The predicted molar refractivity (Wildman–Crippen MR) is 67.1 cm³/mol. The zero-order chi connectivity index (χ0) is 12.7. The first-order valence-electron chi connectivity index (χ1n) is 6.09. The number of aromatic nitrogens is 1. The number of carboxylic acid groups (broad SMARTS) is 1. The van der Waals surface area contributed by atoms with Gasteiger partial charge in [-0.05, 0) is 38.1 Å². The van der Waals surface area contributed by atoms with Crippen molar-refractivity contribution in [3.63, 3.8) is 0 Å². The fourth-order valence-electron chi connectivity index (χ4n) is 1.82. The lowest BCUT2D eigenvalue weighted by Gasteiger charge is -2.20. The highest BCUT2D eigenvalue weighted by Crippen LogP contribution is 2.05. The van der Waals surface area contributed by atoms with E-state index in [0.29, 0.717) is 0 Å². The molecule has 0 aliphatic rings. The Morgan fingerprint density at radius 2 is 1.94 bits per heavy atom. The Kier molecular flexibility index (Phi) is 5.63. The van der Waals surface area contributed by atoms with Crippen LogP contribution in [0.3, 0.4) is 0 Å². The van der Waals surface area contributed by atoms with Crippen LogP contribution in [0, 0.1) is 0 Å². The van der Waals surface area contributed by atoms with Crippen LogP contribution in [0.1, 0.15) is 42.9 Å². The summed E-state index contributed by atoms with van der Waals surface area (Å²) in [6, 6.07) is 5.16. The van der Waals surface area contributed by atoms with Crippen LogP contribution in [0.15, 0.2) is 18.2 Å². The molecule has 0 saturated heterocycles. The van der Waals surface area contributed by atoms with Crippen LogP contribution in [0.5, 0.6) is 0 Å². The van der Waals surface area contributed by atoms with Gasteiger partial charge in [0.2, 0.25) is 0 Å². The number of hydrogen-bond donors (Lipinski definition) is 1. The second kappa shape index (κ2) is 7.01. The van der Waals surface area contributed by atoms with Crippen molar-refractivity contribution in [2.45, 2.75) is 33.2 Å². The van der Waals surface area contributed by atoms with Gasteiger partial charge in [-0.2, -0.15) is 0 Å². The summed E-state index contributed by atoms with van der Waals surface area (Å²) < 4.78 is 0. The van der Waals surface area contributed by atoms with Gasteiger partial charge in [0.15, 0.2) is 0 Å². The van der Waals surface area contributed by atoms with Crippen molar-refractivity contribution in [2.24, 2.45) is 0 Å². The molecule has 4 nitrogen and oxygen atoms in total. The Balaban J connectivity index is 2.71. The molecule has 4 heteroatoms. The molecule has 1 N–H and O–H groups in total. The summed E-state index contributed by atoms with van der Waals surface area (Å²) >= 11 is 0. The van der Waals surface area contributed by atoms with E-state index in [1.54, 1.807) is 6.07 Å². The molecule has 0 saturated carbocycles. The van der Waals surface area contributed by atoms with Gasteiger partial charge in [0, 0.05) is 6.54 Å². The molecule has 0 bridgehead atoms. The summed E-state index contributed by atoms with van der Waals surface area (Å²) in [5, 5.41) is 8.87. The number of aromatic carboxylic acids is 1. The van der Waals surface area contributed by atoms with Gasteiger partial charge in [-0.1, -0.05) is 19.9 Å². The van der Waals surface area contributed by atoms with Gasteiger partial charge in [-0.15, -0.1) is 0 Å². The Hall–Kier alpha value is -1.42. The lowest BCUT2D eigenvalue weighted by Crippen LogP contribution is -2.25. The third kappa shape index (κ3) is 4.53. The smallest absolute Gasteiger partial charge is 0.354 e. The van der Waals surface area contributed by atoms with Gasteiger partial charge in [-0.25, -0.2) is 9.78 Å². The van der Waals surface area contributed by atoms with Crippen LogP contribution in [-0.2, 0) is 6.54 Å². The van der Waals surface area contributed by atoms with E-state index in [2.05, 4.69) is 23.7 Å². The number of rotatable bonds is 7. The molecule has 0 amide bonds. The fraction of sp³-hybridized carbons (Fsp3) is 0.538. The Morgan fingerprint density at radius 1 is 1.29 bits per heavy atom. The first-order chi connectivity index (χ1) is 8.17. The van der Waals surface area contributed by atoms with Gasteiger partial charge >= 0.3 is 5.97 Å². The molecule has 0 atom stereocenters. The number of carboxylic acids is 1. The molecule has 0 aliphatic carbocycles. The van der Waals surface area contributed by atoms with E-state index in [0.717, 1.165) is 38.2 Å². The van der Waals surface area contributed by atoms with E-state index < -0.39 is 5.97 Å². The number of nitrogens with zero attached hydrogens (tertiary/aromatic N) is 2. The molecule has 94 valence electrons. The van der Waals surface area contributed by atoms with Crippen LogP contribution in [-0.4, -0.2) is 34.0 Å². The van der Waals surface area contributed by atoms with Crippen molar-refractivity contribution >= 4 is 5.97 Å². The molecule has 0 spiro atoms. The van der Waals surface area contributed by atoms with Crippen molar-refractivity contribution in [2.75, 3.05) is 13.1 Å². The number of carbonyl (C=O) groups is 1.